The van der Waals surface area contributed by atoms with Gasteiger partial charge >= 0.3 is 0 Å². The van der Waals surface area contributed by atoms with Gasteiger partial charge in [0.15, 0.2) is 3.92 Å². The van der Waals surface area contributed by atoms with Crippen LogP contribution in [0.3, 0.4) is 0 Å². The maximum atomic E-state index is 6.00. The number of halogens is 2. The van der Waals surface area contributed by atoms with Gasteiger partial charge in [-0.15, -0.1) is 11.3 Å². The van der Waals surface area contributed by atoms with Crippen molar-refractivity contribution in [1.29, 1.82) is 0 Å². The van der Waals surface area contributed by atoms with E-state index in [9.17, 15) is 0 Å². The summed E-state index contributed by atoms with van der Waals surface area (Å²) in [7, 11) is 0. The highest BCUT2D eigenvalue weighted by Gasteiger charge is 2.26. The molecule has 1 aromatic heterocycles. The minimum Gasteiger partial charge on any atom is -0.469 e. The number of rotatable bonds is 0. The summed E-state index contributed by atoms with van der Waals surface area (Å²) in [6.45, 7) is 2.01. The molecular formula is C11H7BrClNOS. The molecule has 3 rings (SSSR count). The van der Waals surface area contributed by atoms with E-state index in [1.54, 1.807) is 11.3 Å². The zero-order valence-corrected chi connectivity index (χ0v) is 11.5. The first kappa shape index (κ1) is 10.6. The van der Waals surface area contributed by atoms with Crippen molar-refractivity contribution in [3.05, 3.63) is 32.7 Å². The fraction of sp³-hybridized carbons (Fsp3) is 0.182. The Hall–Kier alpha value is -0.580. The predicted molar refractivity (Wildman–Crippen MR) is 69.3 cm³/mol. The van der Waals surface area contributed by atoms with E-state index in [4.69, 9.17) is 16.3 Å². The summed E-state index contributed by atoms with van der Waals surface area (Å²) in [5.41, 5.74) is 2.29. The Morgan fingerprint density at radius 2 is 2.31 bits per heavy atom. The first-order chi connectivity index (χ1) is 7.65. The van der Waals surface area contributed by atoms with Gasteiger partial charge in [0.25, 0.3) is 0 Å². The van der Waals surface area contributed by atoms with E-state index in [0.717, 1.165) is 19.4 Å². The van der Waals surface area contributed by atoms with Crippen molar-refractivity contribution in [2.45, 2.75) is 13.0 Å². The van der Waals surface area contributed by atoms with E-state index in [2.05, 4.69) is 20.9 Å². The van der Waals surface area contributed by atoms with E-state index in [1.807, 2.05) is 25.1 Å². The van der Waals surface area contributed by atoms with Crippen molar-refractivity contribution in [2.24, 2.45) is 0 Å². The molecule has 0 bridgehead atoms. The van der Waals surface area contributed by atoms with Crippen LogP contribution in [0.4, 0.5) is 0 Å². The van der Waals surface area contributed by atoms with Gasteiger partial charge in [-0.1, -0.05) is 17.7 Å². The summed E-state index contributed by atoms with van der Waals surface area (Å²) in [5, 5.41) is 0.737. The van der Waals surface area contributed by atoms with Gasteiger partial charge in [0.1, 0.15) is 6.10 Å². The van der Waals surface area contributed by atoms with Gasteiger partial charge in [-0.05, 0) is 35.0 Å². The molecule has 0 fully saturated rings. The second-order valence-corrected chi connectivity index (χ2v) is 6.30. The van der Waals surface area contributed by atoms with Crippen LogP contribution in [0.5, 0.6) is 5.88 Å². The van der Waals surface area contributed by atoms with Crippen LogP contribution < -0.4 is 4.74 Å². The van der Waals surface area contributed by atoms with Crippen LogP contribution in [0.15, 0.2) is 22.1 Å². The minimum atomic E-state index is -0.00444. The molecule has 0 saturated heterocycles. The molecule has 5 heteroatoms. The zero-order valence-electron chi connectivity index (χ0n) is 8.33. The molecule has 2 aromatic rings. The van der Waals surface area contributed by atoms with Gasteiger partial charge in [0, 0.05) is 16.1 Å². The topological polar surface area (TPSA) is 22.1 Å². The number of thiazole rings is 1. The molecule has 0 aliphatic carbocycles. The number of aromatic nitrogens is 1. The molecule has 2 heterocycles. The van der Waals surface area contributed by atoms with E-state index in [0.29, 0.717) is 5.88 Å². The lowest BCUT2D eigenvalue weighted by Gasteiger charge is -2.22. The quantitative estimate of drug-likeness (QED) is 0.704. The minimum absolute atomic E-state index is 0.00444. The van der Waals surface area contributed by atoms with Crippen molar-refractivity contribution in [3.63, 3.8) is 0 Å². The molecule has 1 aromatic carbocycles. The second kappa shape index (κ2) is 3.72. The van der Waals surface area contributed by atoms with Crippen molar-refractivity contribution in [1.82, 2.24) is 4.98 Å². The fourth-order valence-corrected chi connectivity index (χ4v) is 3.44. The van der Waals surface area contributed by atoms with Gasteiger partial charge in [0.05, 0.1) is 4.88 Å². The van der Waals surface area contributed by atoms with E-state index >= 15 is 0 Å². The average Bonchev–Trinajstić information content (AvgIpc) is 2.59. The van der Waals surface area contributed by atoms with Crippen molar-refractivity contribution >= 4 is 38.9 Å². The first-order valence-corrected chi connectivity index (χ1v) is 6.76. The lowest BCUT2D eigenvalue weighted by molar-refractivity contribution is 0.215. The lowest BCUT2D eigenvalue weighted by Crippen LogP contribution is -2.09. The van der Waals surface area contributed by atoms with Gasteiger partial charge in [-0.25, -0.2) is 0 Å². The van der Waals surface area contributed by atoms with Gasteiger partial charge in [-0.2, -0.15) is 4.98 Å². The summed E-state index contributed by atoms with van der Waals surface area (Å²) in [5.74, 6) is 0.708. The number of fused-ring (bicyclic) bond motifs is 3. The molecule has 1 atom stereocenters. The standard InChI is InChI=1S/C11H7BrClNOS/c1-5-8-4-6(13)2-3-7(8)9-10(15-5)14-11(12)16-9/h2-5H,1H3. The first-order valence-electron chi connectivity index (χ1n) is 4.78. The third kappa shape index (κ3) is 1.56. The van der Waals surface area contributed by atoms with Gasteiger partial charge in [-0.3, -0.25) is 0 Å². The number of hydrogen-bond acceptors (Lipinski definition) is 3. The van der Waals surface area contributed by atoms with Crippen LogP contribution in [0.2, 0.25) is 5.02 Å². The van der Waals surface area contributed by atoms with Gasteiger partial charge < -0.3 is 4.74 Å². The Morgan fingerprint density at radius 1 is 1.50 bits per heavy atom. The number of ether oxygens (including phenoxy) is 1. The lowest BCUT2D eigenvalue weighted by atomic mass is 10.0. The maximum Gasteiger partial charge on any atom is 0.234 e. The Labute approximate surface area is 110 Å². The highest BCUT2D eigenvalue weighted by molar-refractivity contribution is 9.11. The monoisotopic (exact) mass is 315 g/mol. The molecule has 1 aliphatic rings. The Kier molecular flexibility index (Phi) is 2.46. The second-order valence-electron chi connectivity index (χ2n) is 3.59. The molecule has 0 saturated carbocycles. The summed E-state index contributed by atoms with van der Waals surface area (Å²) in [4.78, 5) is 5.37. The molecule has 0 spiro atoms. The average molecular weight is 317 g/mol. The molecule has 2 nitrogen and oxygen atoms in total. The predicted octanol–water partition coefficient (Wildman–Crippen LogP) is 4.68. The van der Waals surface area contributed by atoms with Crippen LogP contribution in [-0.2, 0) is 0 Å². The molecule has 0 radical (unpaired) electrons. The Bertz CT molecular complexity index is 569. The summed E-state index contributed by atoms with van der Waals surface area (Å²) < 4.78 is 6.59. The summed E-state index contributed by atoms with van der Waals surface area (Å²) >= 11 is 11.0. The molecule has 0 N–H and O–H groups in total. The third-order valence-corrected chi connectivity index (χ3v) is 4.31. The van der Waals surface area contributed by atoms with Crippen LogP contribution in [0, 0.1) is 0 Å². The molecule has 1 unspecified atom stereocenters. The van der Waals surface area contributed by atoms with E-state index < -0.39 is 0 Å². The van der Waals surface area contributed by atoms with Crippen molar-refractivity contribution < 1.29 is 4.74 Å². The summed E-state index contributed by atoms with van der Waals surface area (Å²) in [6.07, 6.45) is -0.00444. The molecule has 16 heavy (non-hydrogen) atoms. The van der Waals surface area contributed by atoms with Crippen LogP contribution in [0.25, 0.3) is 10.4 Å². The highest BCUT2D eigenvalue weighted by Crippen LogP contribution is 2.46. The van der Waals surface area contributed by atoms with Crippen LogP contribution >= 0.6 is 38.9 Å². The summed E-state index contributed by atoms with van der Waals surface area (Å²) in [6, 6.07) is 5.88. The van der Waals surface area contributed by atoms with Crippen LogP contribution in [0.1, 0.15) is 18.6 Å². The molecule has 82 valence electrons. The molecule has 1 aliphatic heterocycles. The number of nitrogens with zero attached hydrogens (tertiary/aromatic N) is 1. The smallest absolute Gasteiger partial charge is 0.234 e. The third-order valence-electron chi connectivity index (χ3n) is 2.55. The Balaban J connectivity index is 2.27. The van der Waals surface area contributed by atoms with Crippen molar-refractivity contribution in [2.75, 3.05) is 0 Å². The van der Waals surface area contributed by atoms with E-state index in [-0.39, 0.29) is 6.10 Å². The molecule has 0 amide bonds. The SMILES string of the molecule is CC1Oc2nc(Br)sc2-c2ccc(Cl)cc21. The fourth-order valence-electron chi connectivity index (χ4n) is 1.84. The number of benzene rings is 1. The maximum absolute atomic E-state index is 6.00. The van der Waals surface area contributed by atoms with Crippen LogP contribution in [-0.4, -0.2) is 4.98 Å². The van der Waals surface area contributed by atoms with Crippen molar-refractivity contribution in [3.8, 4) is 16.3 Å². The highest BCUT2D eigenvalue weighted by atomic mass is 79.9. The number of hydrogen-bond donors (Lipinski definition) is 0. The molecular weight excluding hydrogens is 310 g/mol. The van der Waals surface area contributed by atoms with E-state index in [1.165, 1.54) is 5.56 Å². The van der Waals surface area contributed by atoms with Gasteiger partial charge in [0.2, 0.25) is 5.88 Å². The normalized spacial score (nSPS) is 17.6. The zero-order chi connectivity index (χ0) is 11.3. The largest absolute Gasteiger partial charge is 0.469 e. The Morgan fingerprint density at radius 3 is 3.12 bits per heavy atom.